The molecule has 3 heterocycles. The van der Waals surface area contributed by atoms with Crippen LogP contribution in [0.1, 0.15) is 36.3 Å². The Morgan fingerprint density at radius 2 is 2.17 bits per heavy atom. The van der Waals surface area contributed by atoms with E-state index in [0.29, 0.717) is 18.5 Å². The number of thiazole rings is 1. The third kappa shape index (κ3) is 3.22. The second-order valence-electron chi connectivity index (χ2n) is 6.52. The number of aliphatic hydroxyl groups is 1. The van der Waals surface area contributed by atoms with Crippen molar-refractivity contribution in [1.82, 2.24) is 20.1 Å². The molecule has 7 heteroatoms. The van der Waals surface area contributed by atoms with Crippen LogP contribution < -0.4 is 4.90 Å². The first-order valence-electron chi connectivity index (χ1n) is 8.05. The number of hydrogen-bond acceptors (Lipinski definition) is 7. The van der Waals surface area contributed by atoms with Crippen molar-refractivity contribution in [1.29, 1.82) is 0 Å². The summed E-state index contributed by atoms with van der Waals surface area (Å²) in [5.74, 6) is 1.61. The third-order valence-corrected chi connectivity index (χ3v) is 5.33. The Balaban J connectivity index is 1.28. The van der Waals surface area contributed by atoms with Crippen LogP contribution in [0.15, 0.2) is 23.0 Å². The summed E-state index contributed by atoms with van der Waals surface area (Å²) in [5, 5.41) is 20.8. The van der Waals surface area contributed by atoms with Crippen LogP contribution in [0.5, 0.6) is 0 Å². The van der Waals surface area contributed by atoms with Gasteiger partial charge in [-0.2, -0.15) is 5.10 Å². The minimum absolute atomic E-state index is 0.438. The van der Waals surface area contributed by atoms with Gasteiger partial charge in [-0.3, -0.25) is 4.90 Å². The first-order valence-corrected chi connectivity index (χ1v) is 9.00. The van der Waals surface area contributed by atoms with Crippen LogP contribution in [0.2, 0.25) is 0 Å². The number of aliphatic hydroxyl groups excluding tert-OH is 1. The zero-order valence-corrected chi connectivity index (χ0v) is 14.0. The lowest BCUT2D eigenvalue weighted by molar-refractivity contribution is 0.0922. The van der Waals surface area contributed by atoms with Gasteiger partial charge in [0.05, 0.1) is 16.9 Å². The molecule has 1 unspecified atom stereocenters. The van der Waals surface area contributed by atoms with Gasteiger partial charge in [-0.15, -0.1) is 16.4 Å². The van der Waals surface area contributed by atoms with Crippen LogP contribution in [0.25, 0.3) is 0 Å². The molecule has 4 rings (SSSR count). The van der Waals surface area contributed by atoms with Crippen LogP contribution in [0, 0.1) is 0 Å². The Morgan fingerprint density at radius 1 is 1.35 bits per heavy atom. The van der Waals surface area contributed by atoms with Gasteiger partial charge in [0.25, 0.3) is 0 Å². The maximum Gasteiger partial charge on any atom is 0.151 e. The van der Waals surface area contributed by atoms with E-state index in [-0.39, 0.29) is 0 Å². The van der Waals surface area contributed by atoms with E-state index in [1.807, 2.05) is 5.38 Å². The highest BCUT2D eigenvalue weighted by atomic mass is 32.1. The maximum atomic E-state index is 10.2. The second kappa shape index (κ2) is 6.14. The standard InChI is InChI=1S/C16H21N5OS/c1-20(8-15(22)14-9-23-10-17-14)12-6-21(7-12)16-5-4-13(18-19-16)11-2-3-11/h4-5,9-12,15,22H,2-3,6-8H2,1H3. The molecule has 1 atom stereocenters. The smallest absolute Gasteiger partial charge is 0.151 e. The van der Waals surface area contributed by atoms with E-state index in [2.05, 4.69) is 44.2 Å². The Bertz CT molecular complexity index is 637. The van der Waals surface area contributed by atoms with Gasteiger partial charge in [0.15, 0.2) is 5.82 Å². The van der Waals surface area contributed by atoms with Gasteiger partial charge in [-0.25, -0.2) is 4.98 Å². The molecule has 2 aromatic rings. The first kappa shape index (κ1) is 15.0. The minimum atomic E-state index is -0.516. The van der Waals surface area contributed by atoms with Crippen LogP contribution in [0.4, 0.5) is 5.82 Å². The molecule has 2 fully saturated rings. The van der Waals surface area contributed by atoms with Gasteiger partial charge in [-0.1, -0.05) is 0 Å². The lowest BCUT2D eigenvalue weighted by Crippen LogP contribution is -2.59. The molecule has 0 bridgehead atoms. The highest BCUT2D eigenvalue weighted by Gasteiger charge is 2.32. The molecular weight excluding hydrogens is 310 g/mol. The van der Waals surface area contributed by atoms with Crippen molar-refractivity contribution in [2.24, 2.45) is 0 Å². The van der Waals surface area contributed by atoms with Crippen LogP contribution in [-0.2, 0) is 0 Å². The first-order chi connectivity index (χ1) is 11.2. The van der Waals surface area contributed by atoms with E-state index in [9.17, 15) is 5.11 Å². The summed E-state index contributed by atoms with van der Waals surface area (Å²) in [6.07, 6.45) is 2.00. The number of anilines is 1. The van der Waals surface area contributed by atoms with Gasteiger partial charge in [0.1, 0.15) is 6.10 Å². The molecule has 2 aromatic heterocycles. The summed E-state index contributed by atoms with van der Waals surface area (Å²) < 4.78 is 0. The van der Waals surface area contributed by atoms with Crippen molar-refractivity contribution in [2.45, 2.75) is 30.9 Å². The fourth-order valence-corrected chi connectivity index (χ4v) is 3.52. The van der Waals surface area contributed by atoms with Crippen molar-refractivity contribution in [3.8, 4) is 0 Å². The Labute approximate surface area is 139 Å². The Kier molecular flexibility index (Phi) is 4.00. The van der Waals surface area contributed by atoms with Crippen molar-refractivity contribution in [2.75, 3.05) is 31.6 Å². The fraction of sp³-hybridized carbons (Fsp3) is 0.562. The number of likely N-dealkylation sites (N-methyl/N-ethyl adjacent to an activating group) is 1. The fourth-order valence-electron chi connectivity index (χ4n) is 2.92. The van der Waals surface area contributed by atoms with Crippen LogP contribution in [0.3, 0.4) is 0 Å². The van der Waals surface area contributed by atoms with Crippen molar-refractivity contribution in [3.63, 3.8) is 0 Å². The summed E-state index contributed by atoms with van der Waals surface area (Å²) in [4.78, 5) is 8.61. The summed E-state index contributed by atoms with van der Waals surface area (Å²) in [5.41, 5.74) is 3.65. The zero-order valence-electron chi connectivity index (χ0n) is 13.2. The number of hydrogen-bond donors (Lipinski definition) is 1. The van der Waals surface area contributed by atoms with Gasteiger partial charge < -0.3 is 10.0 Å². The number of nitrogens with zero attached hydrogens (tertiary/aromatic N) is 5. The zero-order chi connectivity index (χ0) is 15.8. The molecule has 0 radical (unpaired) electrons. The average molecular weight is 331 g/mol. The molecule has 1 aliphatic carbocycles. The van der Waals surface area contributed by atoms with Crippen molar-refractivity contribution in [3.05, 3.63) is 34.4 Å². The topological polar surface area (TPSA) is 65.4 Å². The number of rotatable bonds is 6. The van der Waals surface area contributed by atoms with Crippen molar-refractivity contribution >= 4 is 17.2 Å². The molecular formula is C16H21N5OS. The molecule has 2 aliphatic rings. The largest absolute Gasteiger partial charge is 0.385 e. The SMILES string of the molecule is CN(CC(O)c1cscn1)C1CN(c2ccc(C3CC3)nn2)C1. The quantitative estimate of drug-likeness (QED) is 0.868. The minimum Gasteiger partial charge on any atom is -0.385 e. The van der Waals surface area contributed by atoms with Gasteiger partial charge in [0, 0.05) is 37.0 Å². The molecule has 122 valence electrons. The maximum absolute atomic E-state index is 10.2. The van der Waals surface area contributed by atoms with E-state index in [0.717, 1.165) is 30.3 Å². The van der Waals surface area contributed by atoms with Crippen LogP contribution >= 0.6 is 11.3 Å². The Hall–Kier alpha value is -1.57. The van der Waals surface area contributed by atoms with E-state index < -0.39 is 6.10 Å². The summed E-state index contributed by atoms with van der Waals surface area (Å²) in [7, 11) is 2.06. The molecule has 1 aliphatic heterocycles. The predicted octanol–water partition coefficient (Wildman–Crippen LogP) is 1.66. The highest BCUT2D eigenvalue weighted by Crippen LogP contribution is 2.38. The lowest BCUT2D eigenvalue weighted by Gasteiger charge is -2.44. The summed E-state index contributed by atoms with van der Waals surface area (Å²) in [6.45, 7) is 2.46. The molecule has 1 saturated carbocycles. The van der Waals surface area contributed by atoms with E-state index in [1.165, 1.54) is 24.2 Å². The predicted molar refractivity (Wildman–Crippen MR) is 89.7 cm³/mol. The molecule has 1 saturated heterocycles. The average Bonchev–Trinajstić information content (AvgIpc) is 3.20. The molecule has 23 heavy (non-hydrogen) atoms. The van der Waals surface area contributed by atoms with Gasteiger partial charge in [-0.05, 0) is 32.0 Å². The van der Waals surface area contributed by atoms with E-state index in [1.54, 1.807) is 5.51 Å². The van der Waals surface area contributed by atoms with Gasteiger partial charge in [0.2, 0.25) is 0 Å². The molecule has 6 nitrogen and oxygen atoms in total. The molecule has 1 N–H and O–H groups in total. The molecule has 0 spiro atoms. The number of aromatic nitrogens is 3. The van der Waals surface area contributed by atoms with Gasteiger partial charge >= 0.3 is 0 Å². The third-order valence-electron chi connectivity index (χ3n) is 4.73. The lowest BCUT2D eigenvalue weighted by atomic mass is 10.1. The Morgan fingerprint density at radius 3 is 2.78 bits per heavy atom. The van der Waals surface area contributed by atoms with E-state index in [4.69, 9.17) is 0 Å². The highest BCUT2D eigenvalue weighted by molar-refractivity contribution is 7.07. The second-order valence-corrected chi connectivity index (χ2v) is 7.24. The van der Waals surface area contributed by atoms with E-state index >= 15 is 0 Å². The molecule has 0 aromatic carbocycles. The van der Waals surface area contributed by atoms with Crippen molar-refractivity contribution < 1.29 is 5.11 Å². The monoisotopic (exact) mass is 331 g/mol. The normalized spacial score (nSPS) is 19.9. The molecule has 0 amide bonds. The van der Waals surface area contributed by atoms with Crippen LogP contribution in [-0.4, -0.2) is 57.9 Å². The summed E-state index contributed by atoms with van der Waals surface area (Å²) >= 11 is 1.52. The summed E-state index contributed by atoms with van der Waals surface area (Å²) in [6, 6.07) is 4.64.